The van der Waals surface area contributed by atoms with Gasteiger partial charge in [0.1, 0.15) is 5.75 Å². The molecule has 1 aromatic rings. The van der Waals surface area contributed by atoms with E-state index in [1.807, 2.05) is 7.05 Å². The van der Waals surface area contributed by atoms with E-state index in [-0.39, 0.29) is 17.7 Å². The highest BCUT2D eigenvalue weighted by Crippen LogP contribution is 2.19. The summed E-state index contributed by atoms with van der Waals surface area (Å²) in [7, 11) is 1.97. The summed E-state index contributed by atoms with van der Waals surface area (Å²) in [5.74, 6) is -0.146. The number of aromatic hydroxyl groups is 1. The molecule has 2 rings (SSSR count). The SMILES string of the molecule is CNC1CCC(NC(=O)c2cncc(O)c2)CC1. The van der Waals surface area contributed by atoms with Crippen molar-refractivity contribution in [3.8, 4) is 5.75 Å². The fourth-order valence-corrected chi connectivity index (χ4v) is 2.35. The first-order valence-corrected chi connectivity index (χ1v) is 6.31. The number of hydrogen-bond acceptors (Lipinski definition) is 4. The third-order valence-electron chi connectivity index (χ3n) is 3.46. The summed E-state index contributed by atoms with van der Waals surface area (Å²) in [5.41, 5.74) is 0.408. The summed E-state index contributed by atoms with van der Waals surface area (Å²) in [6.45, 7) is 0. The summed E-state index contributed by atoms with van der Waals surface area (Å²) in [6, 6.07) is 2.23. The lowest BCUT2D eigenvalue weighted by Crippen LogP contribution is -2.41. The monoisotopic (exact) mass is 249 g/mol. The number of nitrogens with one attached hydrogen (secondary N) is 2. The molecule has 1 amide bonds. The van der Waals surface area contributed by atoms with Crippen molar-refractivity contribution in [2.45, 2.75) is 37.8 Å². The molecule has 0 aliphatic heterocycles. The lowest BCUT2D eigenvalue weighted by Gasteiger charge is -2.28. The second-order valence-corrected chi connectivity index (χ2v) is 4.74. The van der Waals surface area contributed by atoms with Crippen molar-refractivity contribution >= 4 is 5.91 Å². The minimum Gasteiger partial charge on any atom is -0.506 e. The van der Waals surface area contributed by atoms with Crippen LogP contribution in [0.2, 0.25) is 0 Å². The Kier molecular flexibility index (Phi) is 4.15. The molecular formula is C13H19N3O2. The number of pyridine rings is 1. The Morgan fingerprint density at radius 2 is 1.94 bits per heavy atom. The lowest BCUT2D eigenvalue weighted by atomic mass is 9.91. The van der Waals surface area contributed by atoms with Crippen LogP contribution in [0.4, 0.5) is 0 Å². The van der Waals surface area contributed by atoms with Gasteiger partial charge in [0.2, 0.25) is 0 Å². The number of carbonyl (C=O) groups excluding carboxylic acids is 1. The van der Waals surface area contributed by atoms with Crippen LogP contribution in [0.1, 0.15) is 36.0 Å². The van der Waals surface area contributed by atoms with E-state index >= 15 is 0 Å². The molecule has 1 aromatic heterocycles. The third-order valence-corrected chi connectivity index (χ3v) is 3.46. The molecule has 0 bridgehead atoms. The molecular weight excluding hydrogens is 230 g/mol. The van der Waals surface area contributed by atoms with Gasteiger partial charge in [-0.15, -0.1) is 0 Å². The van der Waals surface area contributed by atoms with Crippen LogP contribution in [0.25, 0.3) is 0 Å². The largest absolute Gasteiger partial charge is 0.506 e. The Hall–Kier alpha value is -1.62. The molecule has 5 heteroatoms. The quantitative estimate of drug-likeness (QED) is 0.748. The Morgan fingerprint density at radius 3 is 2.56 bits per heavy atom. The van der Waals surface area contributed by atoms with E-state index in [4.69, 9.17) is 0 Å². The van der Waals surface area contributed by atoms with Gasteiger partial charge in [0, 0.05) is 18.3 Å². The molecule has 5 nitrogen and oxygen atoms in total. The number of rotatable bonds is 3. The van der Waals surface area contributed by atoms with E-state index in [0.717, 1.165) is 25.7 Å². The molecule has 0 unspecified atom stereocenters. The van der Waals surface area contributed by atoms with Crippen LogP contribution in [0.3, 0.4) is 0 Å². The molecule has 0 saturated heterocycles. The smallest absolute Gasteiger partial charge is 0.253 e. The maximum absolute atomic E-state index is 11.9. The minimum absolute atomic E-state index is 0.0153. The van der Waals surface area contributed by atoms with Crippen LogP contribution in [-0.4, -0.2) is 35.1 Å². The van der Waals surface area contributed by atoms with Gasteiger partial charge in [-0.3, -0.25) is 9.78 Å². The van der Waals surface area contributed by atoms with Crippen molar-refractivity contribution in [1.29, 1.82) is 0 Å². The van der Waals surface area contributed by atoms with Crippen LogP contribution in [0, 0.1) is 0 Å². The van der Waals surface area contributed by atoms with E-state index in [9.17, 15) is 9.90 Å². The first kappa shape index (κ1) is 12.8. The van der Waals surface area contributed by atoms with Gasteiger partial charge in [-0.1, -0.05) is 0 Å². The fourth-order valence-electron chi connectivity index (χ4n) is 2.35. The Morgan fingerprint density at radius 1 is 1.28 bits per heavy atom. The van der Waals surface area contributed by atoms with Gasteiger partial charge in [-0.05, 0) is 38.8 Å². The van der Waals surface area contributed by atoms with Gasteiger partial charge >= 0.3 is 0 Å². The molecule has 1 aliphatic rings. The summed E-state index contributed by atoms with van der Waals surface area (Å²) in [5, 5.41) is 15.5. The first-order chi connectivity index (χ1) is 8.69. The summed E-state index contributed by atoms with van der Waals surface area (Å²) in [6.07, 6.45) is 6.93. The number of amides is 1. The normalized spacial score (nSPS) is 23.6. The van der Waals surface area contributed by atoms with Crippen molar-refractivity contribution in [3.63, 3.8) is 0 Å². The van der Waals surface area contributed by atoms with Crippen LogP contribution in [0.15, 0.2) is 18.5 Å². The van der Waals surface area contributed by atoms with Crippen LogP contribution in [-0.2, 0) is 0 Å². The predicted molar refractivity (Wildman–Crippen MR) is 68.5 cm³/mol. The van der Waals surface area contributed by atoms with Gasteiger partial charge in [0.15, 0.2) is 0 Å². The number of nitrogens with zero attached hydrogens (tertiary/aromatic N) is 1. The summed E-state index contributed by atoms with van der Waals surface area (Å²) < 4.78 is 0. The van der Waals surface area contributed by atoms with Crippen molar-refractivity contribution in [3.05, 3.63) is 24.0 Å². The number of aromatic nitrogens is 1. The molecule has 1 fully saturated rings. The van der Waals surface area contributed by atoms with Gasteiger partial charge < -0.3 is 15.7 Å². The molecule has 1 heterocycles. The molecule has 18 heavy (non-hydrogen) atoms. The molecule has 3 N–H and O–H groups in total. The highest BCUT2D eigenvalue weighted by atomic mass is 16.3. The van der Waals surface area contributed by atoms with E-state index in [1.165, 1.54) is 18.5 Å². The summed E-state index contributed by atoms with van der Waals surface area (Å²) in [4.78, 5) is 15.7. The predicted octanol–water partition coefficient (Wildman–Crippen LogP) is 1.05. The molecule has 1 saturated carbocycles. The van der Waals surface area contributed by atoms with Gasteiger partial charge in [0.25, 0.3) is 5.91 Å². The van der Waals surface area contributed by atoms with Crippen LogP contribution >= 0.6 is 0 Å². The Labute approximate surface area is 107 Å². The second kappa shape index (κ2) is 5.82. The van der Waals surface area contributed by atoms with Gasteiger partial charge in [-0.25, -0.2) is 0 Å². The maximum atomic E-state index is 11.9. The molecule has 0 atom stereocenters. The lowest BCUT2D eigenvalue weighted by molar-refractivity contribution is 0.0924. The van der Waals surface area contributed by atoms with Crippen LogP contribution < -0.4 is 10.6 Å². The first-order valence-electron chi connectivity index (χ1n) is 6.31. The molecule has 1 aliphatic carbocycles. The zero-order valence-corrected chi connectivity index (χ0v) is 10.5. The average Bonchev–Trinajstić information content (AvgIpc) is 2.39. The molecule has 0 radical (unpaired) electrons. The fraction of sp³-hybridized carbons (Fsp3) is 0.538. The van der Waals surface area contributed by atoms with E-state index < -0.39 is 0 Å². The summed E-state index contributed by atoms with van der Waals surface area (Å²) >= 11 is 0. The van der Waals surface area contributed by atoms with Crippen molar-refractivity contribution in [2.24, 2.45) is 0 Å². The highest BCUT2D eigenvalue weighted by molar-refractivity contribution is 5.94. The molecule has 0 aromatic carbocycles. The van der Waals surface area contributed by atoms with E-state index in [2.05, 4.69) is 15.6 Å². The molecule has 0 spiro atoms. The third kappa shape index (κ3) is 3.20. The molecule has 98 valence electrons. The zero-order chi connectivity index (χ0) is 13.0. The number of carbonyl (C=O) groups is 1. The zero-order valence-electron chi connectivity index (χ0n) is 10.5. The topological polar surface area (TPSA) is 74.2 Å². The average molecular weight is 249 g/mol. The number of hydrogen-bond donors (Lipinski definition) is 3. The van der Waals surface area contributed by atoms with E-state index in [0.29, 0.717) is 11.6 Å². The Bertz CT molecular complexity index is 414. The van der Waals surface area contributed by atoms with Crippen molar-refractivity contribution < 1.29 is 9.90 Å². The highest BCUT2D eigenvalue weighted by Gasteiger charge is 2.21. The van der Waals surface area contributed by atoms with E-state index in [1.54, 1.807) is 0 Å². The standard InChI is InChI=1S/C13H19N3O2/c1-14-10-2-4-11(5-3-10)16-13(18)9-6-12(17)8-15-7-9/h6-8,10-11,14,17H,2-5H2,1H3,(H,16,18). The van der Waals surface area contributed by atoms with Crippen LogP contribution in [0.5, 0.6) is 5.75 Å². The maximum Gasteiger partial charge on any atom is 0.253 e. The van der Waals surface area contributed by atoms with Crippen molar-refractivity contribution in [1.82, 2.24) is 15.6 Å². The van der Waals surface area contributed by atoms with Crippen molar-refractivity contribution in [2.75, 3.05) is 7.05 Å². The Balaban J connectivity index is 1.89. The second-order valence-electron chi connectivity index (χ2n) is 4.74. The minimum atomic E-state index is -0.161. The van der Waals surface area contributed by atoms with Gasteiger partial charge in [0.05, 0.1) is 11.8 Å². The van der Waals surface area contributed by atoms with Gasteiger partial charge in [-0.2, -0.15) is 0 Å².